The summed E-state index contributed by atoms with van der Waals surface area (Å²) in [5.74, 6) is 0. The molecule has 2 aliphatic rings. The third-order valence-electron chi connectivity index (χ3n) is 8.25. The van der Waals surface area contributed by atoms with Crippen molar-refractivity contribution in [3.05, 3.63) is 76.2 Å². The largest absolute Gasteiger partial charge is 0.381 e. The first kappa shape index (κ1) is 27.1. The topological polar surface area (TPSA) is 124 Å². The van der Waals surface area contributed by atoms with Gasteiger partial charge in [0.15, 0.2) is 0 Å². The van der Waals surface area contributed by atoms with Crippen LogP contribution in [0.15, 0.2) is 48.8 Å². The normalized spacial score (nSPS) is 19.6. The van der Waals surface area contributed by atoms with Crippen molar-refractivity contribution in [1.82, 2.24) is 20.0 Å². The standard InChI is InChI=1S/C30H30BClN8O/c1-29(2)17-41-10-9-25(29)36-28-19(14-34)15-35-27-18(13-33)11-20(12-22(27)28)37-30(31,23-5-3-4-6-24(23)32)26-16-40(39-38-26)21-7-8-21/h3-6,11-12,15-16,21,25,37H,7-10,17,31H2,1-2H3,(H,35,36). The van der Waals surface area contributed by atoms with E-state index in [0.29, 0.717) is 63.4 Å². The van der Waals surface area contributed by atoms with Crippen LogP contribution in [0.4, 0.5) is 11.4 Å². The summed E-state index contributed by atoms with van der Waals surface area (Å²) in [5.41, 5.74) is 3.20. The van der Waals surface area contributed by atoms with Crippen LogP contribution in [0.5, 0.6) is 0 Å². The lowest BCUT2D eigenvalue weighted by atomic mass is 9.69. The van der Waals surface area contributed by atoms with Gasteiger partial charge in [0.2, 0.25) is 0 Å². The molecule has 206 valence electrons. The van der Waals surface area contributed by atoms with E-state index in [1.165, 1.54) is 6.20 Å². The highest BCUT2D eigenvalue weighted by Gasteiger charge is 2.37. The van der Waals surface area contributed by atoms with E-state index in [9.17, 15) is 10.5 Å². The van der Waals surface area contributed by atoms with Crippen LogP contribution in [0.1, 0.15) is 61.5 Å². The lowest BCUT2D eigenvalue weighted by molar-refractivity contribution is 0.00350. The molecule has 1 aliphatic carbocycles. The summed E-state index contributed by atoms with van der Waals surface area (Å²) in [6.07, 6.45) is 6.48. The average Bonchev–Trinajstić information content (AvgIpc) is 3.69. The second-order valence-corrected chi connectivity index (χ2v) is 12.2. The monoisotopic (exact) mass is 564 g/mol. The van der Waals surface area contributed by atoms with E-state index in [0.717, 1.165) is 24.8 Å². The number of nitriles is 2. The lowest BCUT2D eigenvalue weighted by Gasteiger charge is -2.39. The second kappa shape index (κ2) is 10.4. The smallest absolute Gasteiger partial charge is 0.148 e. The molecule has 0 spiro atoms. The predicted octanol–water partition coefficient (Wildman–Crippen LogP) is 4.73. The highest BCUT2D eigenvalue weighted by molar-refractivity contribution is 6.33. The summed E-state index contributed by atoms with van der Waals surface area (Å²) < 4.78 is 7.64. The van der Waals surface area contributed by atoms with Gasteiger partial charge in [-0.3, -0.25) is 4.98 Å². The molecule has 1 saturated carbocycles. The third-order valence-corrected chi connectivity index (χ3v) is 8.58. The molecular weight excluding hydrogens is 535 g/mol. The highest BCUT2D eigenvalue weighted by atomic mass is 35.5. The van der Waals surface area contributed by atoms with Crippen LogP contribution in [-0.2, 0) is 10.2 Å². The summed E-state index contributed by atoms with van der Waals surface area (Å²) in [6.45, 7) is 5.55. The molecule has 4 aromatic rings. The molecule has 2 fully saturated rings. The number of hydrogen-bond acceptors (Lipinski definition) is 8. The quantitative estimate of drug-likeness (QED) is 0.309. The molecule has 2 aromatic heterocycles. The van der Waals surface area contributed by atoms with E-state index >= 15 is 0 Å². The minimum absolute atomic E-state index is 0.0713. The van der Waals surface area contributed by atoms with Gasteiger partial charge in [0.1, 0.15) is 25.7 Å². The Morgan fingerprint density at radius 2 is 1.93 bits per heavy atom. The van der Waals surface area contributed by atoms with Gasteiger partial charge in [-0.25, -0.2) is 4.68 Å². The Morgan fingerprint density at radius 3 is 2.63 bits per heavy atom. The molecule has 1 saturated heterocycles. The molecule has 11 heteroatoms. The van der Waals surface area contributed by atoms with Gasteiger partial charge in [0, 0.05) is 40.4 Å². The Bertz CT molecular complexity index is 1720. The summed E-state index contributed by atoms with van der Waals surface area (Å²) in [7, 11) is 2.01. The number of hydrogen-bond donors (Lipinski definition) is 2. The maximum atomic E-state index is 10.2. The highest BCUT2D eigenvalue weighted by Crippen LogP contribution is 2.40. The van der Waals surface area contributed by atoms with Gasteiger partial charge < -0.3 is 15.4 Å². The minimum Gasteiger partial charge on any atom is -0.381 e. The van der Waals surface area contributed by atoms with Crippen molar-refractivity contribution in [3.63, 3.8) is 0 Å². The zero-order valence-corrected chi connectivity index (χ0v) is 24.0. The Labute approximate surface area is 244 Å². The van der Waals surface area contributed by atoms with Crippen molar-refractivity contribution < 1.29 is 4.74 Å². The van der Waals surface area contributed by atoms with E-state index in [1.54, 1.807) is 6.07 Å². The summed E-state index contributed by atoms with van der Waals surface area (Å²) in [6, 6.07) is 16.4. The van der Waals surface area contributed by atoms with Crippen LogP contribution in [0, 0.1) is 28.1 Å². The SMILES string of the molecule is BC(Nc1cc(C#N)c2ncc(C#N)c(NC3CCOCC3(C)C)c2c1)(c1cn(C2CC2)nn1)c1ccccc1Cl. The van der Waals surface area contributed by atoms with Gasteiger partial charge in [0.25, 0.3) is 0 Å². The van der Waals surface area contributed by atoms with E-state index in [2.05, 4.69) is 51.9 Å². The molecule has 2 unspecified atom stereocenters. The van der Waals surface area contributed by atoms with Crippen LogP contribution < -0.4 is 10.6 Å². The number of halogens is 1. The van der Waals surface area contributed by atoms with E-state index in [4.69, 9.17) is 16.3 Å². The average molecular weight is 565 g/mol. The first-order chi connectivity index (χ1) is 19.7. The second-order valence-electron chi connectivity index (χ2n) is 11.8. The fourth-order valence-corrected chi connectivity index (χ4v) is 5.94. The number of fused-ring (bicyclic) bond motifs is 1. The molecule has 41 heavy (non-hydrogen) atoms. The number of benzene rings is 2. The van der Waals surface area contributed by atoms with Crippen molar-refractivity contribution in [2.24, 2.45) is 5.41 Å². The van der Waals surface area contributed by atoms with Gasteiger partial charge >= 0.3 is 0 Å². The number of rotatable bonds is 7. The molecule has 9 nitrogen and oxygen atoms in total. The molecular formula is C30H30BClN8O. The number of anilines is 2. The fraction of sp³-hybridized carbons (Fsp3) is 0.367. The van der Waals surface area contributed by atoms with Crippen molar-refractivity contribution in [2.45, 2.75) is 50.6 Å². The summed E-state index contributed by atoms with van der Waals surface area (Å²) >= 11 is 6.75. The van der Waals surface area contributed by atoms with Crippen molar-refractivity contribution in [3.8, 4) is 12.1 Å². The number of pyridine rings is 1. The molecule has 2 N–H and O–H groups in total. The first-order valence-corrected chi connectivity index (χ1v) is 14.2. The molecule has 0 radical (unpaired) electrons. The molecule has 0 amide bonds. The van der Waals surface area contributed by atoms with E-state index in [1.807, 2.05) is 49.1 Å². The van der Waals surface area contributed by atoms with Crippen LogP contribution in [-0.4, -0.2) is 47.1 Å². The lowest BCUT2D eigenvalue weighted by Crippen LogP contribution is -2.44. The zero-order valence-electron chi connectivity index (χ0n) is 23.3. The van der Waals surface area contributed by atoms with Gasteiger partial charge in [-0.2, -0.15) is 10.5 Å². The van der Waals surface area contributed by atoms with Crippen LogP contribution in [0.3, 0.4) is 0 Å². The Hall–Kier alpha value is -4.12. The predicted molar refractivity (Wildman–Crippen MR) is 160 cm³/mol. The summed E-state index contributed by atoms with van der Waals surface area (Å²) in [5, 5.41) is 37.7. The maximum Gasteiger partial charge on any atom is 0.148 e. The van der Waals surface area contributed by atoms with E-state index in [-0.39, 0.29) is 11.5 Å². The molecule has 2 atom stereocenters. The Morgan fingerprint density at radius 1 is 1.15 bits per heavy atom. The molecule has 0 bridgehead atoms. The molecule has 6 rings (SSSR count). The van der Waals surface area contributed by atoms with Gasteiger partial charge in [0.05, 0.1) is 46.6 Å². The van der Waals surface area contributed by atoms with Gasteiger partial charge in [-0.15, -0.1) is 5.10 Å². The van der Waals surface area contributed by atoms with Crippen LogP contribution in [0.25, 0.3) is 10.9 Å². The number of nitrogens with one attached hydrogen (secondary N) is 2. The zero-order chi connectivity index (χ0) is 28.8. The van der Waals surface area contributed by atoms with Crippen LogP contribution in [0.2, 0.25) is 5.02 Å². The molecule has 2 aromatic carbocycles. The Kier molecular flexibility index (Phi) is 6.85. The number of ether oxygens (including phenoxy) is 1. The van der Waals surface area contributed by atoms with Gasteiger partial charge in [-0.05, 0) is 43.0 Å². The fourth-order valence-electron chi connectivity index (χ4n) is 5.62. The van der Waals surface area contributed by atoms with Crippen molar-refractivity contribution in [1.29, 1.82) is 10.5 Å². The number of nitrogens with zero attached hydrogens (tertiary/aromatic N) is 6. The van der Waals surface area contributed by atoms with Gasteiger partial charge in [-0.1, -0.05) is 48.9 Å². The maximum absolute atomic E-state index is 10.2. The first-order valence-electron chi connectivity index (χ1n) is 13.8. The molecule has 1 aliphatic heterocycles. The Balaban J connectivity index is 1.49. The van der Waals surface area contributed by atoms with Crippen molar-refractivity contribution >= 4 is 41.7 Å². The van der Waals surface area contributed by atoms with Crippen molar-refractivity contribution in [2.75, 3.05) is 23.8 Å². The van der Waals surface area contributed by atoms with E-state index < -0.39 is 5.44 Å². The summed E-state index contributed by atoms with van der Waals surface area (Å²) in [4.78, 5) is 4.53. The third kappa shape index (κ3) is 4.99. The molecule has 3 heterocycles. The minimum atomic E-state index is -0.873. The van der Waals surface area contributed by atoms with Crippen LogP contribution >= 0.6 is 11.6 Å². The number of aromatic nitrogens is 4.